The van der Waals surface area contributed by atoms with Crippen molar-refractivity contribution in [3.05, 3.63) is 11.4 Å². The summed E-state index contributed by atoms with van der Waals surface area (Å²) in [5.41, 5.74) is 0.219. The van der Waals surface area contributed by atoms with Crippen molar-refractivity contribution in [3.8, 4) is 6.07 Å². The molecule has 0 aromatic carbocycles. The second kappa shape index (κ2) is 8.57. The summed E-state index contributed by atoms with van der Waals surface area (Å²) >= 11 is 0. The zero-order valence-electron chi connectivity index (χ0n) is 14.2. The van der Waals surface area contributed by atoms with Gasteiger partial charge >= 0.3 is 0 Å². The van der Waals surface area contributed by atoms with Crippen LogP contribution in [-0.2, 0) is 0 Å². The molecule has 2 heteroatoms. The van der Waals surface area contributed by atoms with Crippen LogP contribution < -0.4 is 0 Å². The maximum Gasteiger partial charge on any atom is 0.233 e. The molecule has 2 fully saturated rings. The number of nitriles is 1. The van der Waals surface area contributed by atoms with Gasteiger partial charge in [0.25, 0.3) is 0 Å². The SMILES string of the molecule is [C-]#[N+]C1(CCCCCCCCCCCCC2(C#N)CC2)CC1. The lowest BCUT2D eigenvalue weighted by atomic mass is 9.99. The highest BCUT2D eigenvalue weighted by Crippen LogP contribution is 2.49. The van der Waals surface area contributed by atoms with Crippen LogP contribution in [0.4, 0.5) is 0 Å². The van der Waals surface area contributed by atoms with E-state index >= 15 is 0 Å². The molecule has 0 saturated heterocycles. The number of nitrogens with zero attached hydrogens (tertiary/aromatic N) is 2. The first-order valence-electron chi connectivity index (χ1n) is 9.54. The predicted molar refractivity (Wildman–Crippen MR) is 91.3 cm³/mol. The third-order valence-corrected chi connectivity index (χ3v) is 5.70. The monoisotopic (exact) mass is 300 g/mol. The summed E-state index contributed by atoms with van der Waals surface area (Å²) in [5, 5.41) is 9.02. The van der Waals surface area contributed by atoms with Gasteiger partial charge in [-0.25, -0.2) is 6.57 Å². The Morgan fingerprint density at radius 1 is 0.727 bits per heavy atom. The van der Waals surface area contributed by atoms with Gasteiger partial charge in [-0.15, -0.1) is 0 Å². The molecular weight excluding hydrogens is 268 g/mol. The fourth-order valence-electron chi connectivity index (χ4n) is 3.46. The molecule has 22 heavy (non-hydrogen) atoms. The van der Waals surface area contributed by atoms with Gasteiger partial charge in [0.1, 0.15) is 0 Å². The predicted octanol–water partition coefficient (Wildman–Crippen LogP) is 6.42. The van der Waals surface area contributed by atoms with Crippen LogP contribution in [-0.4, -0.2) is 5.54 Å². The molecule has 0 radical (unpaired) electrons. The van der Waals surface area contributed by atoms with Gasteiger partial charge in [-0.05, 0) is 25.7 Å². The second-order valence-corrected chi connectivity index (χ2v) is 7.76. The van der Waals surface area contributed by atoms with Gasteiger partial charge in [0, 0.05) is 19.3 Å². The van der Waals surface area contributed by atoms with Crippen molar-refractivity contribution in [1.82, 2.24) is 0 Å². The Bertz CT molecular complexity index is 364. The average Bonchev–Trinajstić information content (AvgIpc) is 3.45. The van der Waals surface area contributed by atoms with Crippen LogP contribution >= 0.6 is 0 Å². The van der Waals surface area contributed by atoms with E-state index in [1.807, 2.05) is 0 Å². The smallest absolute Gasteiger partial charge is 0.233 e. The van der Waals surface area contributed by atoms with Gasteiger partial charge in [-0.3, -0.25) is 0 Å². The van der Waals surface area contributed by atoms with Gasteiger partial charge in [0.05, 0.1) is 11.5 Å². The summed E-state index contributed by atoms with van der Waals surface area (Å²) in [6.07, 6.45) is 20.3. The molecule has 2 nitrogen and oxygen atoms in total. The van der Waals surface area contributed by atoms with Gasteiger partial charge in [0.15, 0.2) is 0 Å². The minimum absolute atomic E-state index is 0.102. The van der Waals surface area contributed by atoms with Gasteiger partial charge in [-0.1, -0.05) is 57.8 Å². The van der Waals surface area contributed by atoms with Crippen LogP contribution in [0.3, 0.4) is 0 Å². The van der Waals surface area contributed by atoms with E-state index < -0.39 is 0 Å². The van der Waals surface area contributed by atoms with Crippen molar-refractivity contribution in [2.24, 2.45) is 5.41 Å². The zero-order valence-corrected chi connectivity index (χ0v) is 14.2. The molecule has 122 valence electrons. The van der Waals surface area contributed by atoms with Gasteiger partial charge in [0.2, 0.25) is 5.54 Å². The molecule has 0 amide bonds. The minimum Gasteiger partial charge on any atom is -0.310 e. The van der Waals surface area contributed by atoms with Crippen molar-refractivity contribution in [3.63, 3.8) is 0 Å². The topological polar surface area (TPSA) is 28.1 Å². The molecule has 0 aliphatic heterocycles. The van der Waals surface area contributed by atoms with E-state index in [0.717, 1.165) is 38.5 Å². The first-order chi connectivity index (χ1) is 10.7. The summed E-state index contributed by atoms with van der Waals surface area (Å²) in [6, 6.07) is 2.49. The summed E-state index contributed by atoms with van der Waals surface area (Å²) < 4.78 is 0. The summed E-state index contributed by atoms with van der Waals surface area (Å²) in [6.45, 7) is 7.17. The van der Waals surface area contributed by atoms with Crippen molar-refractivity contribution in [2.45, 2.75) is 108 Å². The average molecular weight is 300 g/mol. The van der Waals surface area contributed by atoms with E-state index in [0.29, 0.717) is 0 Å². The van der Waals surface area contributed by atoms with E-state index in [1.54, 1.807) is 0 Å². The Morgan fingerprint density at radius 3 is 1.55 bits per heavy atom. The summed E-state index contributed by atoms with van der Waals surface area (Å²) in [7, 11) is 0. The largest absolute Gasteiger partial charge is 0.310 e. The van der Waals surface area contributed by atoms with E-state index in [1.165, 1.54) is 64.2 Å². The lowest BCUT2D eigenvalue weighted by Crippen LogP contribution is -2.00. The van der Waals surface area contributed by atoms with Gasteiger partial charge < -0.3 is 4.85 Å². The Kier molecular flexibility index (Phi) is 6.75. The zero-order chi connectivity index (χ0) is 15.7. The first-order valence-corrected chi connectivity index (χ1v) is 9.54. The summed E-state index contributed by atoms with van der Waals surface area (Å²) in [5.74, 6) is 0. The van der Waals surface area contributed by atoms with Crippen LogP contribution in [0.25, 0.3) is 4.85 Å². The Hall–Kier alpha value is -1.02. The highest BCUT2D eigenvalue weighted by Gasteiger charge is 2.49. The van der Waals surface area contributed by atoms with Gasteiger partial charge in [-0.2, -0.15) is 5.26 Å². The normalized spacial score (nSPS) is 20.1. The molecule has 0 bridgehead atoms. The molecule has 2 aliphatic carbocycles. The Morgan fingerprint density at radius 2 is 1.18 bits per heavy atom. The van der Waals surface area contributed by atoms with Crippen LogP contribution in [0.15, 0.2) is 0 Å². The van der Waals surface area contributed by atoms with E-state index in [4.69, 9.17) is 11.8 Å². The number of hydrogen-bond acceptors (Lipinski definition) is 1. The highest BCUT2D eigenvalue weighted by molar-refractivity contribution is 5.10. The number of rotatable bonds is 13. The lowest BCUT2D eigenvalue weighted by molar-refractivity contribution is 0.504. The molecule has 0 spiro atoms. The fourth-order valence-corrected chi connectivity index (χ4v) is 3.46. The first kappa shape index (κ1) is 17.3. The molecule has 0 unspecified atom stereocenters. The third-order valence-electron chi connectivity index (χ3n) is 5.70. The molecule has 0 aromatic heterocycles. The third kappa shape index (κ3) is 6.00. The van der Waals surface area contributed by atoms with Crippen LogP contribution in [0.2, 0.25) is 0 Å². The lowest BCUT2D eigenvalue weighted by Gasteiger charge is -2.05. The number of hydrogen-bond donors (Lipinski definition) is 0. The quantitative estimate of drug-likeness (QED) is 0.285. The number of unbranched alkanes of at least 4 members (excludes halogenated alkanes) is 9. The fraction of sp³-hybridized carbons (Fsp3) is 0.900. The maximum absolute atomic E-state index is 9.02. The summed E-state index contributed by atoms with van der Waals surface area (Å²) in [4.78, 5) is 3.77. The molecule has 2 aliphatic rings. The van der Waals surface area contributed by atoms with Crippen molar-refractivity contribution in [1.29, 1.82) is 5.26 Å². The molecule has 0 heterocycles. The van der Waals surface area contributed by atoms with Crippen molar-refractivity contribution in [2.75, 3.05) is 0 Å². The molecular formula is C20H32N2. The van der Waals surface area contributed by atoms with Crippen molar-refractivity contribution >= 4 is 0 Å². The maximum atomic E-state index is 9.02. The molecule has 0 atom stereocenters. The van der Waals surface area contributed by atoms with E-state index in [9.17, 15) is 0 Å². The Labute approximate surface area is 137 Å². The molecule has 0 aromatic rings. The minimum atomic E-state index is 0.102. The Balaban J connectivity index is 1.28. The molecule has 2 saturated carbocycles. The van der Waals surface area contributed by atoms with Crippen LogP contribution in [0.1, 0.15) is 103 Å². The second-order valence-electron chi connectivity index (χ2n) is 7.76. The van der Waals surface area contributed by atoms with E-state index in [2.05, 4.69) is 10.9 Å². The molecule has 2 rings (SSSR count). The van der Waals surface area contributed by atoms with Crippen molar-refractivity contribution < 1.29 is 0 Å². The van der Waals surface area contributed by atoms with Crippen LogP contribution in [0.5, 0.6) is 0 Å². The van der Waals surface area contributed by atoms with E-state index in [-0.39, 0.29) is 11.0 Å². The molecule has 0 N–H and O–H groups in total. The van der Waals surface area contributed by atoms with Crippen LogP contribution in [0, 0.1) is 23.3 Å². The standard InChI is InChI=1S/C20H32N2/c1-22-20(16-17-20)13-11-9-7-5-3-2-4-6-8-10-12-19(18-21)14-15-19/h2-17H2. The highest BCUT2D eigenvalue weighted by atomic mass is 14.9.